The molecule has 2 heterocycles. The number of aryl methyl sites for hydroxylation is 1. The third kappa shape index (κ3) is 3.28. The summed E-state index contributed by atoms with van der Waals surface area (Å²) in [5, 5.41) is 7.17. The fourth-order valence-corrected chi connectivity index (χ4v) is 2.28. The molecule has 1 amide bonds. The lowest BCUT2D eigenvalue weighted by Crippen LogP contribution is -2.25. The number of pyridine rings is 1. The zero-order valence-corrected chi connectivity index (χ0v) is 11.7. The molecule has 4 heteroatoms. The first kappa shape index (κ1) is 13.4. The first-order valence-electron chi connectivity index (χ1n) is 7.09. The fraction of sp³-hybridized carbons (Fsp3) is 0.176. The number of hydrogen-bond acceptors (Lipinski definition) is 2. The molecule has 106 valence electrons. The molecule has 0 aliphatic rings. The van der Waals surface area contributed by atoms with Crippen LogP contribution in [0.25, 0.3) is 5.52 Å². The summed E-state index contributed by atoms with van der Waals surface area (Å²) >= 11 is 0. The van der Waals surface area contributed by atoms with E-state index in [9.17, 15) is 4.79 Å². The molecule has 0 saturated heterocycles. The first-order chi connectivity index (χ1) is 10.3. The Kier molecular flexibility index (Phi) is 3.96. The van der Waals surface area contributed by atoms with Crippen molar-refractivity contribution in [3.63, 3.8) is 0 Å². The molecule has 0 radical (unpaired) electrons. The van der Waals surface area contributed by atoms with E-state index in [1.807, 2.05) is 42.6 Å². The summed E-state index contributed by atoms with van der Waals surface area (Å²) in [6, 6.07) is 17.8. The normalized spacial score (nSPS) is 10.7. The molecule has 0 spiro atoms. The number of fused-ring (bicyclic) bond motifs is 1. The van der Waals surface area contributed by atoms with Crippen LogP contribution in [0.5, 0.6) is 0 Å². The van der Waals surface area contributed by atoms with Gasteiger partial charge in [0.05, 0.1) is 5.52 Å². The number of carbonyl (C=O) groups is 1. The minimum Gasteiger partial charge on any atom is -0.351 e. The second-order valence-corrected chi connectivity index (χ2v) is 4.94. The Bertz CT molecular complexity index is 701. The Balaban J connectivity index is 1.52. The molecule has 2 aromatic heterocycles. The summed E-state index contributed by atoms with van der Waals surface area (Å²) in [6.07, 6.45) is 3.72. The number of aromatic nitrogens is 2. The van der Waals surface area contributed by atoms with E-state index in [1.54, 1.807) is 10.6 Å². The molecule has 0 saturated carbocycles. The van der Waals surface area contributed by atoms with Gasteiger partial charge in [0.15, 0.2) is 5.69 Å². The molecule has 0 unspecified atom stereocenters. The molecule has 1 aromatic carbocycles. The van der Waals surface area contributed by atoms with Gasteiger partial charge in [0.1, 0.15) is 0 Å². The second kappa shape index (κ2) is 6.22. The molecule has 0 aliphatic heterocycles. The van der Waals surface area contributed by atoms with Crippen molar-refractivity contribution in [2.24, 2.45) is 0 Å². The van der Waals surface area contributed by atoms with Gasteiger partial charge in [-0.2, -0.15) is 5.10 Å². The molecular formula is C17H17N3O. The molecule has 0 aliphatic carbocycles. The smallest absolute Gasteiger partial charge is 0.271 e. The summed E-state index contributed by atoms with van der Waals surface area (Å²) in [5.41, 5.74) is 2.67. The van der Waals surface area contributed by atoms with Crippen molar-refractivity contribution in [1.82, 2.24) is 14.9 Å². The maximum absolute atomic E-state index is 12.0. The lowest BCUT2D eigenvalue weighted by molar-refractivity contribution is 0.0948. The summed E-state index contributed by atoms with van der Waals surface area (Å²) in [4.78, 5) is 12.0. The molecule has 0 atom stereocenters. The highest BCUT2D eigenvalue weighted by atomic mass is 16.1. The van der Waals surface area contributed by atoms with Gasteiger partial charge in [0.25, 0.3) is 5.91 Å². The predicted molar refractivity (Wildman–Crippen MR) is 82.3 cm³/mol. The van der Waals surface area contributed by atoms with E-state index in [4.69, 9.17) is 0 Å². The Labute approximate surface area is 123 Å². The van der Waals surface area contributed by atoms with E-state index in [1.165, 1.54) is 5.56 Å². The molecule has 4 nitrogen and oxygen atoms in total. The van der Waals surface area contributed by atoms with E-state index in [2.05, 4.69) is 22.5 Å². The highest BCUT2D eigenvalue weighted by Gasteiger charge is 2.09. The Morgan fingerprint density at radius 3 is 2.71 bits per heavy atom. The number of benzene rings is 1. The molecule has 0 bridgehead atoms. The van der Waals surface area contributed by atoms with Gasteiger partial charge in [0, 0.05) is 12.7 Å². The fourth-order valence-electron chi connectivity index (χ4n) is 2.28. The summed E-state index contributed by atoms with van der Waals surface area (Å²) in [6.45, 7) is 0.654. The molecule has 3 rings (SSSR count). The largest absolute Gasteiger partial charge is 0.351 e. The number of amides is 1. The lowest BCUT2D eigenvalue weighted by Gasteiger charge is -2.03. The van der Waals surface area contributed by atoms with Crippen LogP contribution in [0.3, 0.4) is 0 Å². The van der Waals surface area contributed by atoms with Crippen LogP contribution in [-0.4, -0.2) is 22.1 Å². The van der Waals surface area contributed by atoms with Crippen LogP contribution >= 0.6 is 0 Å². The van der Waals surface area contributed by atoms with E-state index in [0.29, 0.717) is 12.2 Å². The molecule has 1 N–H and O–H groups in total. The minimum atomic E-state index is -0.119. The topological polar surface area (TPSA) is 46.4 Å². The van der Waals surface area contributed by atoms with Gasteiger partial charge in [0.2, 0.25) is 0 Å². The third-order valence-electron chi connectivity index (χ3n) is 3.37. The highest BCUT2D eigenvalue weighted by molar-refractivity contribution is 5.93. The molecular weight excluding hydrogens is 262 g/mol. The lowest BCUT2D eigenvalue weighted by atomic mass is 10.1. The SMILES string of the molecule is O=C(NCCCc1ccccc1)c1cc2ccccn2n1. The van der Waals surface area contributed by atoms with Crippen LogP contribution < -0.4 is 5.32 Å². The third-order valence-corrected chi connectivity index (χ3v) is 3.37. The number of carbonyl (C=O) groups excluding carboxylic acids is 1. The highest BCUT2D eigenvalue weighted by Crippen LogP contribution is 2.06. The van der Waals surface area contributed by atoms with Crippen LogP contribution in [0, 0.1) is 0 Å². The van der Waals surface area contributed by atoms with Crippen molar-refractivity contribution < 1.29 is 4.79 Å². The average Bonchev–Trinajstić information content (AvgIpc) is 2.96. The number of nitrogens with zero attached hydrogens (tertiary/aromatic N) is 2. The molecule has 3 aromatic rings. The van der Waals surface area contributed by atoms with Crippen LogP contribution in [0.15, 0.2) is 60.8 Å². The van der Waals surface area contributed by atoms with Crippen LogP contribution in [0.4, 0.5) is 0 Å². The van der Waals surface area contributed by atoms with E-state index >= 15 is 0 Å². The zero-order valence-electron chi connectivity index (χ0n) is 11.7. The van der Waals surface area contributed by atoms with Gasteiger partial charge in [-0.05, 0) is 36.6 Å². The number of nitrogens with one attached hydrogen (secondary N) is 1. The van der Waals surface area contributed by atoms with Gasteiger partial charge < -0.3 is 5.32 Å². The van der Waals surface area contributed by atoms with Crippen molar-refractivity contribution in [2.45, 2.75) is 12.8 Å². The second-order valence-electron chi connectivity index (χ2n) is 4.94. The zero-order chi connectivity index (χ0) is 14.5. The van der Waals surface area contributed by atoms with Crippen LogP contribution in [0.2, 0.25) is 0 Å². The standard InChI is InChI=1S/C17H17N3O/c21-17(16-13-15-10-4-5-12-20(15)19-16)18-11-6-9-14-7-2-1-3-8-14/h1-5,7-8,10,12-13H,6,9,11H2,(H,18,21). The summed E-state index contributed by atoms with van der Waals surface area (Å²) < 4.78 is 1.71. The van der Waals surface area contributed by atoms with Gasteiger partial charge in [-0.25, -0.2) is 4.52 Å². The van der Waals surface area contributed by atoms with Crippen molar-refractivity contribution in [3.05, 3.63) is 72.1 Å². The van der Waals surface area contributed by atoms with Crippen LogP contribution in [0.1, 0.15) is 22.5 Å². The van der Waals surface area contributed by atoms with Crippen molar-refractivity contribution in [1.29, 1.82) is 0 Å². The molecule has 0 fully saturated rings. The van der Waals surface area contributed by atoms with Crippen LogP contribution in [-0.2, 0) is 6.42 Å². The summed E-state index contributed by atoms with van der Waals surface area (Å²) in [5.74, 6) is -0.119. The van der Waals surface area contributed by atoms with Gasteiger partial charge in [-0.1, -0.05) is 36.4 Å². The number of hydrogen-bond donors (Lipinski definition) is 1. The maximum Gasteiger partial charge on any atom is 0.271 e. The van der Waals surface area contributed by atoms with Crippen molar-refractivity contribution in [2.75, 3.05) is 6.54 Å². The Morgan fingerprint density at radius 2 is 1.90 bits per heavy atom. The van der Waals surface area contributed by atoms with Gasteiger partial charge in [-0.15, -0.1) is 0 Å². The van der Waals surface area contributed by atoms with E-state index in [-0.39, 0.29) is 5.91 Å². The minimum absolute atomic E-state index is 0.119. The predicted octanol–water partition coefficient (Wildman–Crippen LogP) is 2.70. The van der Waals surface area contributed by atoms with Gasteiger partial charge >= 0.3 is 0 Å². The van der Waals surface area contributed by atoms with Crippen molar-refractivity contribution >= 4 is 11.4 Å². The Morgan fingerprint density at radius 1 is 1.10 bits per heavy atom. The van der Waals surface area contributed by atoms with E-state index < -0.39 is 0 Å². The average molecular weight is 279 g/mol. The van der Waals surface area contributed by atoms with Gasteiger partial charge in [-0.3, -0.25) is 4.79 Å². The summed E-state index contributed by atoms with van der Waals surface area (Å²) in [7, 11) is 0. The quantitative estimate of drug-likeness (QED) is 0.730. The van der Waals surface area contributed by atoms with Crippen molar-refractivity contribution in [3.8, 4) is 0 Å². The first-order valence-corrected chi connectivity index (χ1v) is 7.09. The maximum atomic E-state index is 12.0. The molecule has 21 heavy (non-hydrogen) atoms. The van der Waals surface area contributed by atoms with E-state index in [0.717, 1.165) is 18.4 Å². The Hall–Kier alpha value is -2.62. The monoisotopic (exact) mass is 279 g/mol. The number of rotatable bonds is 5.